The fourth-order valence-corrected chi connectivity index (χ4v) is 1.34. The van der Waals surface area contributed by atoms with Crippen molar-refractivity contribution in [1.82, 2.24) is 0 Å². The van der Waals surface area contributed by atoms with E-state index in [1.165, 1.54) is 18.4 Å². The van der Waals surface area contributed by atoms with Crippen molar-refractivity contribution in [3.05, 3.63) is 36.3 Å². The Hall–Kier alpha value is -0.980. The van der Waals surface area contributed by atoms with Crippen LogP contribution in [0.4, 0.5) is 0 Å². The van der Waals surface area contributed by atoms with Crippen molar-refractivity contribution in [2.45, 2.75) is 19.3 Å². The lowest BCUT2D eigenvalue weighted by Crippen LogP contribution is -1.82. The Balaban J connectivity index is 1.79. The molecule has 1 nitrogen and oxygen atoms in total. The van der Waals surface area contributed by atoms with Crippen molar-refractivity contribution in [2.24, 2.45) is 5.92 Å². The molecule has 1 aliphatic carbocycles. The van der Waals surface area contributed by atoms with Gasteiger partial charge in [0.15, 0.2) is 0 Å². The van der Waals surface area contributed by atoms with Crippen LogP contribution >= 0.6 is 0 Å². The first-order valence-corrected chi connectivity index (χ1v) is 4.06. The Bertz CT molecular complexity index is 246. The molecule has 1 aromatic rings. The minimum absolute atomic E-state index is 0.792. The molecule has 58 valence electrons. The zero-order valence-corrected chi connectivity index (χ0v) is 6.55. The highest BCUT2D eigenvalue weighted by atomic mass is 16.3. The van der Waals surface area contributed by atoms with Crippen molar-refractivity contribution in [1.29, 1.82) is 0 Å². The summed E-state index contributed by atoms with van der Waals surface area (Å²) in [6.07, 6.45) is 5.25. The molecule has 0 amide bonds. The van der Waals surface area contributed by atoms with Gasteiger partial charge in [0.25, 0.3) is 0 Å². The van der Waals surface area contributed by atoms with Gasteiger partial charge < -0.3 is 4.42 Å². The third kappa shape index (κ3) is 1.53. The van der Waals surface area contributed by atoms with Crippen LogP contribution < -0.4 is 0 Å². The summed E-state index contributed by atoms with van der Waals surface area (Å²) < 4.78 is 5.22. The van der Waals surface area contributed by atoms with Gasteiger partial charge in [-0.15, -0.1) is 0 Å². The predicted octanol–water partition coefficient (Wildman–Crippen LogP) is 2.79. The quantitative estimate of drug-likeness (QED) is 0.601. The molecule has 1 heterocycles. The summed E-state index contributed by atoms with van der Waals surface area (Å²) in [5, 5.41) is 0. The van der Waals surface area contributed by atoms with E-state index in [1.807, 2.05) is 12.1 Å². The molecule has 0 spiro atoms. The highest BCUT2D eigenvalue weighted by molar-refractivity contribution is 5.19. The van der Waals surface area contributed by atoms with Crippen LogP contribution in [0.2, 0.25) is 0 Å². The Labute approximate surface area is 66.7 Å². The molecule has 0 aromatic carbocycles. The van der Waals surface area contributed by atoms with E-state index in [4.69, 9.17) is 4.42 Å². The van der Waals surface area contributed by atoms with E-state index < -0.39 is 0 Å². The lowest BCUT2D eigenvalue weighted by atomic mass is 10.2. The van der Waals surface area contributed by atoms with Crippen molar-refractivity contribution in [3.8, 4) is 0 Å². The molecular weight excluding hydrogens is 136 g/mol. The summed E-state index contributed by atoms with van der Waals surface area (Å²) in [5.41, 5.74) is 1.41. The SMILES string of the molecule is C=C1CC1CCc1ccco1. The third-order valence-corrected chi connectivity index (χ3v) is 2.25. The molecule has 1 unspecified atom stereocenters. The van der Waals surface area contributed by atoms with Gasteiger partial charge in [-0.2, -0.15) is 0 Å². The van der Waals surface area contributed by atoms with Gasteiger partial charge in [0.05, 0.1) is 6.26 Å². The molecular formula is C10H12O. The Morgan fingerprint density at radius 2 is 2.45 bits per heavy atom. The highest BCUT2D eigenvalue weighted by Crippen LogP contribution is 2.39. The van der Waals surface area contributed by atoms with Gasteiger partial charge in [-0.25, -0.2) is 0 Å². The van der Waals surface area contributed by atoms with Gasteiger partial charge in [0, 0.05) is 6.42 Å². The summed E-state index contributed by atoms with van der Waals surface area (Å²) in [6, 6.07) is 3.97. The molecule has 2 rings (SSSR count). The summed E-state index contributed by atoms with van der Waals surface area (Å²) in [7, 11) is 0. The normalized spacial score (nSPS) is 22.2. The number of furan rings is 1. The van der Waals surface area contributed by atoms with E-state index in [-0.39, 0.29) is 0 Å². The second-order valence-electron chi connectivity index (χ2n) is 3.18. The summed E-state index contributed by atoms with van der Waals surface area (Å²) in [4.78, 5) is 0. The van der Waals surface area contributed by atoms with Crippen LogP contribution in [0, 0.1) is 5.92 Å². The molecule has 1 heteroatoms. The molecule has 0 N–H and O–H groups in total. The third-order valence-electron chi connectivity index (χ3n) is 2.25. The first kappa shape index (κ1) is 6.71. The maximum Gasteiger partial charge on any atom is 0.103 e. The van der Waals surface area contributed by atoms with Crippen molar-refractivity contribution < 1.29 is 4.42 Å². The maximum atomic E-state index is 5.22. The van der Waals surface area contributed by atoms with E-state index in [9.17, 15) is 0 Å². The number of allylic oxidation sites excluding steroid dienone is 1. The molecule has 0 bridgehead atoms. The van der Waals surface area contributed by atoms with Gasteiger partial charge >= 0.3 is 0 Å². The van der Waals surface area contributed by atoms with Crippen LogP contribution in [0.15, 0.2) is 35.0 Å². The molecule has 1 aromatic heterocycles. The van der Waals surface area contributed by atoms with Crippen LogP contribution in [0.1, 0.15) is 18.6 Å². The Kier molecular flexibility index (Phi) is 1.57. The minimum Gasteiger partial charge on any atom is -0.469 e. The van der Waals surface area contributed by atoms with E-state index in [2.05, 4.69) is 6.58 Å². The smallest absolute Gasteiger partial charge is 0.103 e. The lowest BCUT2D eigenvalue weighted by Gasteiger charge is -1.92. The monoisotopic (exact) mass is 148 g/mol. The molecule has 1 fully saturated rings. The zero-order chi connectivity index (χ0) is 7.68. The van der Waals surface area contributed by atoms with E-state index in [1.54, 1.807) is 6.26 Å². The molecule has 0 saturated heterocycles. The fraction of sp³-hybridized carbons (Fsp3) is 0.400. The van der Waals surface area contributed by atoms with Gasteiger partial charge in [0.2, 0.25) is 0 Å². The number of aryl methyl sites for hydroxylation is 1. The van der Waals surface area contributed by atoms with Gasteiger partial charge in [-0.3, -0.25) is 0 Å². The minimum atomic E-state index is 0.792. The topological polar surface area (TPSA) is 13.1 Å². The first-order chi connectivity index (χ1) is 5.36. The largest absolute Gasteiger partial charge is 0.469 e. The molecule has 1 saturated carbocycles. The number of rotatable bonds is 3. The summed E-state index contributed by atoms with van der Waals surface area (Å²) >= 11 is 0. The lowest BCUT2D eigenvalue weighted by molar-refractivity contribution is 0.496. The first-order valence-electron chi connectivity index (χ1n) is 4.06. The van der Waals surface area contributed by atoms with Crippen molar-refractivity contribution >= 4 is 0 Å². The van der Waals surface area contributed by atoms with Gasteiger partial charge in [-0.05, 0) is 30.9 Å². The number of hydrogen-bond acceptors (Lipinski definition) is 1. The van der Waals surface area contributed by atoms with Crippen LogP contribution in [0.3, 0.4) is 0 Å². The van der Waals surface area contributed by atoms with Crippen molar-refractivity contribution in [2.75, 3.05) is 0 Å². The van der Waals surface area contributed by atoms with E-state index >= 15 is 0 Å². The zero-order valence-electron chi connectivity index (χ0n) is 6.55. The predicted molar refractivity (Wildman–Crippen MR) is 44.3 cm³/mol. The van der Waals surface area contributed by atoms with Crippen LogP contribution in [-0.4, -0.2) is 0 Å². The average molecular weight is 148 g/mol. The standard InChI is InChI=1S/C10H12O/c1-8-7-9(8)4-5-10-3-2-6-11-10/h2-3,6,9H,1,4-5,7H2. The molecule has 0 radical (unpaired) electrons. The van der Waals surface area contributed by atoms with Crippen LogP contribution in [0.25, 0.3) is 0 Å². The van der Waals surface area contributed by atoms with E-state index in [0.717, 1.165) is 18.1 Å². The number of hydrogen-bond donors (Lipinski definition) is 0. The maximum absolute atomic E-state index is 5.22. The van der Waals surface area contributed by atoms with Gasteiger partial charge in [-0.1, -0.05) is 12.2 Å². The van der Waals surface area contributed by atoms with Gasteiger partial charge in [0.1, 0.15) is 5.76 Å². The fourth-order valence-electron chi connectivity index (χ4n) is 1.34. The highest BCUT2D eigenvalue weighted by Gasteiger charge is 2.26. The molecule has 1 atom stereocenters. The average Bonchev–Trinajstić information content (AvgIpc) is 2.55. The second kappa shape index (κ2) is 2.57. The van der Waals surface area contributed by atoms with Crippen molar-refractivity contribution in [3.63, 3.8) is 0 Å². The van der Waals surface area contributed by atoms with Crippen LogP contribution in [-0.2, 0) is 6.42 Å². The second-order valence-corrected chi connectivity index (χ2v) is 3.18. The summed E-state index contributed by atoms with van der Waals surface area (Å²) in [6.45, 7) is 3.92. The van der Waals surface area contributed by atoms with E-state index in [0.29, 0.717) is 0 Å². The Morgan fingerprint density at radius 1 is 1.64 bits per heavy atom. The molecule has 1 aliphatic rings. The molecule has 0 aliphatic heterocycles. The Morgan fingerprint density at radius 3 is 3.00 bits per heavy atom. The van der Waals surface area contributed by atoms with Crippen LogP contribution in [0.5, 0.6) is 0 Å². The summed E-state index contributed by atoms with van der Waals surface area (Å²) in [5.74, 6) is 1.89. The molecule has 11 heavy (non-hydrogen) atoms.